The number of allylic oxidation sites excluding steroid dienone is 1. The van der Waals surface area contributed by atoms with E-state index >= 15 is 0 Å². The van der Waals surface area contributed by atoms with Gasteiger partial charge in [-0.1, -0.05) is 24.3 Å². The summed E-state index contributed by atoms with van der Waals surface area (Å²) in [6, 6.07) is 10.3. The third-order valence-electron chi connectivity index (χ3n) is 3.69. The number of hydrogen-bond acceptors (Lipinski definition) is 2. The monoisotopic (exact) mass is 294 g/mol. The van der Waals surface area contributed by atoms with Gasteiger partial charge in [-0.2, -0.15) is 0 Å². The zero-order chi connectivity index (χ0) is 16.3. The largest absolute Gasteiger partial charge is 0.478 e. The number of carboxylic acid groups (broad SMARTS) is 1. The van der Waals surface area contributed by atoms with Crippen molar-refractivity contribution < 1.29 is 14.7 Å². The minimum absolute atomic E-state index is 0.0529. The molecule has 0 amide bonds. The fraction of sp³-hybridized carbons (Fsp3) is 0.158. The highest BCUT2D eigenvalue weighted by molar-refractivity contribution is 6.08. The molecule has 2 rings (SSSR count). The van der Waals surface area contributed by atoms with Gasteiger partial charge >= 0.3 is 5.97 Å². The van der Waals surface area contributed by atoms with Crippen LogP contribution in [0.15, 0.2) is 42.5 Å². The van der Waals surface area contributed by atoms with Crippen LogP contribution in [0.25, 0.3) is 6.08 Å². The molecule has 3 nitrogen and oxygen atoms in total. The molecule has 0 aliphatic heterocycles. The van der Waals surface area contributed by atoms with Crippen LogP contribution in [-0.2, 0) is 0 Å². The molecule has 0 aromatic heterocycles. The van der Waals surface area contributed by atoms with Crippen LogP contribution in [0, 0.1) is 20.8 Å². The molecule has 2 aromatic carbocycles. The van der Waals surface area contributed by atoms with Gasteiger partial charge in [0.1, 0.15) is 0 Å². The molecule has 0 aliphatic rings. The van der Waals surface area contributed by atoms with Crippen molar-refractivity contribution in [1.82, 2.24) is 0 Å². The molecule has 0 aliphatic carbocycles. The maximum Gasteiger partial charge on any atom is 0.335 e. The molecule has 0 unspecified atom stereocenters. The van der Waals surface area contributed by atoms with Crippen molar-refractivity contribution >= 4 is 17.8 Å². The second-order valence-corrected chi connectivity index (χ2v) is 5.38. The number of ketones is 1. The number of carbonyl (C=O) groups is 2. The zero-order valence-corrected chi connectivity index (χ0v) is 12.9. The predicted octanol–water partition coefficient (Wildman–Crippen LogP) is 4.21. The number of aromatic carboxylic acids is 1. The van der Waals surface area contributed by atoms with Gasteiger partial charge in [-0.15, -0.1) is 0 Å². The van der Waals surface area contributed by atoms with Crippen LogP contribution in [0.2, 0.25) is 0 Å². The van der Waals surface area contributed by atoms with Crippen molar-refractivity contribution in [1.29, 1.82) is 0 Å². The average molecular weight is 294 g/mol. The molecule has 0 atom stereocenters. The molecule has 0 spiro atoms. The van der Waals surface area contributed by atoms with Crippen LogP contribution in [-0.4, -0.2) is 16.9 Å². The van der Waals surface area contributed by atoms with E-state index < -0.39 is 5.97 Å². The van der Waals surface area contributed by atoms with E-state index in [4.69, 9.17) is 5.11 Å². The van der Waals surface area contributed by atoms with Gasteiger partial charge in [0.2, 0.25) is 0 Å². The van der Waals surface area contributed by atoms with Crippen LogP contribution in [0.5, 0.6) is 0 Å². The van der Waals surface area contributed by atoms with Crippen LogP contribution < -0.4 is 0 Å². The summed E-state index contributed by atoms with van der Waals surface area (Å²) >= 11 is 0. The third kappa shape index (κ3) is 3.50. The summed E-state index contributed by atoms with van der Waals surface area (Å²) in [5, 5.41) is 8.85. The number of carboxylic acids is 1. The van der Waals surface area contributed by atoms with E-state index in [0.717, 1.165) is 16.7 Å². The summed E-state index contributed by atoms with van der Waals surface area (Å²) in [6.45, 7) is 5.94. The molecule has 0 fully saturated rings. The quantitative estimate of drug-likeness (QED) is 0.679. The Kier molecular flexibility index (Phi) is 4.56. The Bertz CT molecular complexity index is 753. The molecule has 0 saturated heterocycles. The number of aryl methyl sites for hydroxylation is 3. The van der Waals surface area contributed by atoms with E-state index in [0.29, 0.717) is 5.56 Å². The fourth-order valence-corrected chi connectivity index (χ4v) is 2.22. The Morgan fingerprint density at radius 3 is 2.09 bits per heavy atom. The van der Waals surface area contributed by atoms with Gasteiger partial charge in [0.15, 0.2) is 5.78 Å². The van der Waals surface area contributed by atoms with E-state index in [1.807, 2.05) is 32.9 Å². The minimum atomic E-state index is -0.961. The van der Waals surface area contributed by atoms with Crippen molar-refractivity contribution in [3.05, 3.63) is 75.9 Å². The summed E-state index contributed by atoms with van der Waals surface area (Å²) in [5.74, 6) is -1.01. The molecular weight excluding hydrogens is 276 g/mol. The Hall–Kier alpha value is -2.68. The van der Waals surface area contributed by atoms with Gasteiger partial charge in [0.05, 0.1) is 5.56 Å². The molecule has 1 N–H and O–H groups in total. The van der Waals surface area contributed by atoms with E-state index in [2.05, 4.69) is 0 Å². The van der Waals surface area contributed by atoms with Gasteiger partial charge in [-0.3, -0.25) is 4.79 Å². The topological polar surface area (TPSA) is 54.4 Å². The zero-order valence-electron chi connectivity index (χ0n) is 12.9. The van der Waals surface area contributed by atoms with E-state index in [-0.39, 0.29) is 11.3 Å². The lowest BCUT2D eigenvalue weighted by atomic mass is 9.97. The smallest absolute Gasteiger partial charge is 0.335 e. The standard InChI is InChI=1S/C19H18O3/c1-12-10-14(3)17(11-13(12)2)18(20)9-6-15-4-7-16(8-5-15)19(21)22/h4-11H,1-3H3,(H,21,22)/b9-6+. The molecule has 112 valence electrons. The number of rotatable bonds is 4. The van der Waals surface area contributed by atoms with Crippen LogP contribution in [0.4, 0.5) is 0 Å². The molecule has 0 saturated carbocycles. The average Bonchev–Trinajstić information content (AvgIpc) is 2.49. The second kappa shape index (κ2) is 6.39. The van der Waals surface area contributed by atoms with Crippen molar-refractivity contribution in [2.24, 2.45) is 0 Å². The van der Waals surface area contributed by atoms with Crippen LogP contribution in [0.3, 0.4) is 0 Å². The first-order valence-electron chi connectivity index (χ1n) is 7.02. The highest BCUT2D eigenvalue weighted by Gasteiger charge is 2.08. The van der Waals surface area contributed by atoms with Crippen molar-refractivity contribution in [3.8, 4) is 0 Å². The van der Waals surface area contributed by atoms with E-state index in [1.54, 1.807) is 18.2 Å². The normalized spacial score (nSPS) is 10.9. The molecule has 22 heavy (non-hydrogen) atoms. The van der Waals surface area contributed by atoms with Gasteiger partial charge in [0, 0.05) is 5.56 Å². The van der Waals surface area contributed by atoms with Crippen LogP contribution >= 0.6 is 0 Å². The maximum absolute atomic E-state index is 12.3. The summed E-state index contributed by atoms with van der Waals surface area (Å²) in [6.07, 6.45) is 3.22. The molecule has 0 radical (unpaired) electrons. The van der Waals surface area contributed by atoms with Crippen molar-refractivity contribution in [3.63, 3.8) is 0 Å². The Morgan fingerprint density at radius 2 is 1.50 bits per heavy atom. The molecule has 0 bridgehead atoms. The predicted molar refractivity (Wildman–Crippen MR) is 87.4 cm³/mol. The van der Waals surface area contributed by atoms with Crippen LogP contribution in [0.1, 0.15) is 43.0 Å². The highest BCUT2D eigenvalue weighted by Crippen LogP contribution is 2.17. The highest BCUT2D eigenvalue weighted by atomic mass is 16.4. The van der Waals surface area contributed by atoms with Gasteiger partial charge in [0.25, 0.3) is 0 Å². The number of benzene rings is 2. The molecule has 0 heterocycles. The van der Waals surface area contributed by atoms with E-state index in [9.17, 15) is 9.59 Å². The lowest BCUT2D eigenvalue weighted by Crippen LogP contribution is -2.00. The summed E-state index contributed by atoms with van der Waals surface area (Å²) in [5.41, 5.74) is 4.93. The minimum Gasteiger partial charge on any atom is -0.478 e. The first-order chi connectivity index (χ1) is 10.4. The van der Waals surface area contributed by atoms with Gasteiger partial charge < -0.3 is 5.11 Å². The second-order valence-electron chi connectivity index (χ2n) is 5.38. The Labute approximate surface area is 129 Å². The Morgan fingerprint density at radius 1 is 0.909 bits per heavy atom. The summed E-state index contributed by atoms with van der Waals surface area (Å²) in [4.78, 5) is 23.1. The third-order valence-corrected chi connectivity index (χ3v) is 3.69. The maximum atomic E-state index is 12.3. The van der Waals surface area contributed by atoms with Crippen molar-refractivity contribution in [2.45, 2.75) is 20.8 Å². The molecular formula is C19H18O3. The first-order valence-corrected chi connectivity index (χ1v) is 7.02. The number of hydrogen-bond donors (Lipinski definition) is 1. The lowest BCUT2D eigenvalue weighted by molar-refractivity contribution is 0.0696. The molecule has 3 heteroatoms. The lowest BCUT2D eigenvalue weighted by Gasteiger charge is -2.07. The van der Waals surface area contributed by atoms with E-state index in [1.165, 1.54) is 23.8 Å². The summed E-state index contributed by atoms with van der Waals surface area (Å²) in [7, 11) is 0. The van der Waals surface area contributed by atoms with Crippen molar-refractivity contribution in [2.75, 3.05) is 0 Å². The first kappa shape index (κ1) is 15.7. The summed E-state index contributed by atoms with van der Waals surface area (Å²) < 4.78 is 0. The molecule has 2 aromatic rings. The fourth-order valence-electron chi connectivity index (χ4n) is 2.22. The SMILES string of the molecule is Cc1cc(C)c(C(=O)/C=C/c2ccc(C(=O)O)cc2)cc1C. The Balaban J connectivity index is 2.21. The van der Waals surface area contributed by atoms with Gasteiger partial charge in [-0.05, 0) is 67.3 Å². The number of carbonyl (C=O) groups excluding carboxylic acids is 1. The van der Waals surface area contributed by atoms with Gasteiger partial charge in [-0.25, -0.2) is 4.79 Å².